The summed E-state index contributed by atoms with van der Waals surface area (Å²) in [5, 5.41) is 0. The van der Waals surface area contributed by atoms with E-state index in [9.17, 15) is 22.0 Å². The first-order valence-corrected chi connectivity index (χ1v) is 5.64. The summed E-state index contributed by atoms with van der Waals surface area (Å²) in [7, 11) is 0. The van der Waals surface area contributed by atoms with Gasteiger partial charge in [0, 0.05) is 5.56 Å². The van der Waals surface area contributed by atoms with Crippen molar-refractivity contribution < 1.29 is 26.7 Å². The number of nitrogens with two attached hydrogens (primary N) is 1. The van der Waals surface area contributed by atoms with Gasteiger partial charge < -0.3 is 10.5 Å². The van der Waals surface area contributed by atoms with Gasteiger partial charge in [0.25, 0.3) is 6.02 Å². The average Bonchev–Trinajstić information content (AvgIpc) is 2.33. The predicted molar refractivity (Wildman–Crippen MR) is 61.2 cm³/mol. The van der Waals surface area contributed by atoms with Crippen molar-refractivity contribution in [1.82, 2.24) is 0 Å². The van der Waals surface area contributed by atoms with Gasteiger partial charge in [-0.15, -0.1) is 0 Å². The van der Waals surface area contributed by atoms with Crippen LogP contribution in [0.2, 0.25) is 0 Å². The minimum Gasteiger partial charge on any atom is -0.449 e. The third-order valence-corrected chi connectivity index (χ3v) is 3.13. The zero-order valence-electron chi connectivity index (χ0n) is 10.3. The fourth-order valence-corrected chi connectivity index (χ4v) is 2.11. The first-order chi connectivity index (χ1) is 9.16. The molecule has 0 bridgehead atoms. The molecule has 20 heavy (non-hydrogen) atoms. The largest absolute Gasteiger partial charge is 0.449 e. The van der Waals surface area contributed by atoms with E-state index in [1.165, 1.54) is 12.1 Å². The molecule has 0 saturated carbocycles. The summed E-state index contributed by atoms with van der Waals surface area (Å²) in [5.74, 6) is -0.864. The number of rotatable bonds is 1. The van der Waals surface area contributed by atoms with E-state index in [1.807, 2.05) is 0 Å². The van der Waals surface area contributed by atoms with E-state index in [0.29, 0.717) is 0 Å². The average molecular weight is 294 g/mol. The summed E-state index contributed by atoms with van der Waals surface area (Å²) in [6.07, 6.45) is -10.4. The van der Waals surface area contributed by atoms with Gasteiger partial charge in [0.1, 0.15) is 11.4 Å². The van der Waals surface area contributed by atoms with E-state index in [-0.39, 0.29) is 5.56 Å². The van der Waals surface area contributed by atoms with Gasteiger partial charge >= 0.3 is 6.18 Å². The van der Waals surface area contributed by atoms with E-state index in [4.69, 9.17) is 5.73 Å². The van der Waals surface area contributed by atoms with Gasteiger partial charge in [0.15, 0.2) is 6.17 Å². The first kappa shape index (κ1) is 14.5. The maximum atomic E-state index is 14.3. The number of hydrogen-bond acceptors (Lipinski definition) is 3. The van der Waals surface area contributed by atoms with Gasteiger partial charge in [-0.3, -0.25) is 0 Å². The van der Waals surface area contributed by atoms with E-state index in [1.54, 1.807) is 0 Å². The minimum absolute atomic E-state index is 0.312. The molecule has 3 nitrogen and oxygen atoms in total. The smallest absolute Gasteiger partial charge is 0.428 e. The summed E-state index contributed by atoms with van der Waals surface area (Å²) in [6.45, 7) is 1.05. The molecule has 0 radical (unpaired) electrons. The van der Waals surface area contributed by atoms with Crippen molar-refractivity contribution in [2.24, 2.45) is 10.7 Å². The Morgan fingerprint density at radius 1 is 1.30 bits per heavy atom. The molecule has 0 unspecified atom stereocenters. The number of alkyl halides is 4. The molecule has 0 aliphatic carbocycles. The lowest BCUT2D eigenvalue weighted by atomic mass is 9.84. The highest BCUT2D eigenvalue weighted by molar-refractivity contribution is 5.73. The highest BCUT2D eigenvalue weighted by Gasteiger charge is 2.58. The Balaban J connectivity index is 2.54. The van der Waals surface area contributed by atoms with Crippen LogP contribution >= 0.6 is 0 Å². The normalized spacial score (nSPS) is 30.6. The van der Waals surface area contributed by atoms with Crippen LogP contribution in [0.25, 0.3) is 0 Å². The summed E-state index contributed by atoms with van der Waals surface area (Å²) >= 11 is 0. The second kappa shape index (κ2) is 4.60. The molecular weight excluding hydrogens is 283 g/mol. The Hall–Kier alpha value is -1.86. The lowest BCUT2D eigenvalue weighted by Crippen LogP contribution is -2.55. The van der Waals surface area contributed by atoms with E-state index in [0.717, 1.165) is 19.1 Å². The van der Waals surface area contributed by atoms with Crippen molar-refractivity contribution in [1.29, 1.82) is 0 Å². The third-order valence-electron chi connectivity index (χ3n) is 3.13. The number of hydrogen-bond donors (Lipinski definition) is 1. The molecule has 0 amide bonds. The number of ether oxygens (including phenoxy) is 1. The van der Waals surface area contributed by atoms with Gasteiger partial charge in [-0.2, -0.15) is 13.2 Å². The van der Waals surface area contributed by atoms with Gasteiger partial charge in [0.2, 0.25) is 6.10 Å². The van der Waals surface area contributed by atoms with Gasteiger partial charge in [-0.25, -0.2) is 13.8 Å². The minimum atomic E-state index is -4.98. The van der Waals surface area contributed by atoms with Gasteiger partial charge in [-0.05, 0) is 13.0 Å². The summed E-state index contributed by atoms with van der Waals surface area (Å²) in [4.78, 5) is 3.55. The Labute approximate surface area is 111 Å². The molecule has 110 valence electrons. The fraction of sp³-hybridized carbons (Fsp3) is 0.417. The van der Waals surface area contributed by atoms with Crippen LogP contribution < -0.4 is 5.73 Å². The molecule has 0 saturated heterocycles. The molecule has 1 aliphatic heterocycles. The van der Waals surface area contributed by atoms with Crippen molar-refractivity contribution in [2.75, 3.05) is 0 Å². The molecule has 0 spiro atoms. The highest BCUT2D eigenvalue weighted by Crippen LogP contribution is 2.42. The Bertz CT molecular complexity index is 545. The van der Waals surface area contributed by atoms with Crippen LogP contribution in [0.15, 0.2) is 29.3 Å². The Kier molecular flexibility index (Phi) is 3.35. The quantitative estimate of drug-likeness (QED) is 0.809. The van der Waals surface area contributed by atoms with Crippen molar-refractivity contribution in [3.05, 3.63) is 35.6 Å². The number of aliphatic imine (C=N–C) groups is 1. The van der Waals surface area contributed by atoms with E-state index < -0.39 is 35.8 Å². The van der Waals surface area contributed by atoms with Gasteiger partial charge in [0.05, 0.1) is 0 Å². The maximum Gasteiger partial charge on any atom is 0.428 e. The Morgan fingerprint density at radius 2 is 1.90 bits per heavy atom. The molecule has 1 aromatic carbocycles. The summed E-state index contributed by atoms with van der Waals surface area (Å²) in [6, 6.07) is 4.06. The molecule has 2 N–H and O–H groups in total. The molecule has 8 heteroatoms. The van der Waals surface area contributed by atoms with Crippen LogP contribution in [-0.4, -0.2) is 24.5 Å². The number of nitrogens with zero attached hydrogens (tertiary/aromatic N) is 1. The summed E-state index contributed by atoms with van der Waals surface area (Å²) in [5.41, 5.74) is 2.77. The van der Waals surface area contributed by atoms with Crippen molar-refractivity contribution in [3.8, 4) is 0 Å². The molecule has 0 fully saturated rings. The zero-order valence-corrected chi connectivity index (χ0v) is 10.3. The molecule has 1 heterocycles. The third kappa shape index (κ3) is 2.30. The van der Waals surface area contributed by atoms with Crippen LogP contribution in [0.5, 0.6) is 0 Å². The molecule has 1 aliphatic rings. The SMILES string of the molecule is C[C@]1(c2ccccc2F)N=C(N)O[C@H](C(F)(F)F)[C@@H]1F. The number of amidine groups is 1. The second-order valence-electron chi connectivity index (χ2n) is 4.56. The predicted octanol–water partition coefficient (Wildman–Crippen LogP) is 2.65. The monoisotopic (exact) mass is 294 g/mol. The van der Waals surface area contributed by atoms with E-state index >= 15 is 0 Å². The number of benzene rings is 1. The van der Waals surface area contributed by atoms with Crippen LogP contribution in [0.4, 0.5) is 22.0 Å². The summed E-state index contributed by atoms with van der Waals surface area (Å²) < 4.78 is 70.5. The lowest BCUT2D eigenvalue weighted by Gasteiger charge is -2.38. The molecule has 1 aromatic rings. The van der Waals surface area contributed by atoms with Crippen LogP contribution in [0.3, 0.4) is 0 Å². The topological polar surface area (TPSA) is 47.6 Å². The van der Waals surface area contributed by atoms with Gasteiger partial charge in [-0.1, -0.05) is 18.2 Å². The van der Waals surface area contributed by atoms with Crippen LogP contribution in [0, 0.1) is 5.82 Å². The van der Waals surface area contributed by atoms with Crippen molar-refractivity contribution in [3.63, 3.8) is 0 Å². The highest BCUT2D eigenvalue weighted by atomic mass is 19.4. The molecular formula is C12H11F5N2O. The molecule has 2 rings (SSSR count). The van der Waals surface area contributed by atoms with Crippen molar-refractivity contribution >= 4 is 6.02 Å². The van der Waals surface area contributed by atoms with Crippen LogP contribution in [0.1, 0.15) is 12.5 Å². The molecule has 0 aromatic heterocycles. The number of halogens is 5. The Morgan fingerprint density at radius 3 is 2.45 bits per heavy atom. The lowest BCUT2D eigenvalue weighted by molar-refractivity contribution is -0.227. The standard InChI is InChI=1S/C12H11F5N2O/c1-11(6-4-2-3-5-7(6)13)8(14)9(12(15,16)17)20-10(18)19-11/h2-5,8-9H,1H3,(H2,18,19)/t8-,9-,11+/m0/s1. The molecule has 3 atom stereocenters. The van der Waals surface area contributed by atoms with E-state index in [2.05, 4.69) is 9.73 Å². The van der Waals surface area contributed by atoms with Crippen molar-refractivity contribution in [2.45, 2.75) is 30.9 Å². The second-order valence-corrected chi connectivity index (χ2v) is 4.56. The van der Waals surface area contributed by atoms with Crippen LogP contribution in [-0.2, 0) is 10.3 Å². The maximum absolute atomic E-state index is 14.3. The zero-order chi connectivity index (χ0) is 15.1. The fourth-order valence-electron chi connectivity index (χ4n) is 2.11. The first-order valence-electron chi connectivity index (χ1n) is 5.64.